The molecule has 0 radical (unpaired) electrons. The van der Waals surface area contributed by atoms with Gasteiger partial charge in [-0.05, 0) is 57.4 Å². The average molecular weight is 656 g/mol. The normalized spacial score (nSPS) is 18.4. The molecule has 0 aliphatic carbocycles. The number of nitrogens with zero attached hydrogens (tertiary/aromatic N) is 7. The summed E-state index contributed by atoms with van der Waals surface area (Å²) >= 11 is 0. The number of hydrogen-bond donors (Lipinski definition) is 2. The molecule has 6 heterocycles. The van der Waals surface area contributed by atoms with Crippen LogP contribution < -0.4 is 25.2 Å². The Balaban J connectivity index is 0.989. The number of anilines is 4. The van der Waals surface area contributed by atoms with Gasteiger partial charge in [-0.1, -0.05) is 12.1 Å². The minimum Gasteiger partial charge on any atom is -0.474 e. The first-order valence-electron chi connectivity index (χ1n) is 16.9. The van der Waals surface area contributed by atoms with Crippen molar-refractivity contribution in [3.63, 3.8) is 0 Å². The number of benzene rings is 1. The molecule has 2 N–H and O–H groups in total. The van der Waals surface area contributed by atoms with Crippen molar-refractivity contribution in [2.45, 2.75) is 58.7 Å². The molecule has 13 nitrogen and oxygen atoms in total. The van der Waals surface area contributed by atoms with Gasteiger partial charge in [0.25, 0.3) is 0 Å². The number of fused-ring (bicyclic) bond motifs is 2. The monoisotopic (exact) mass is 655 g/mol. The first kappa shape index (κ1) is 32.1. The summed E-state index contributed by atoms with van der Waals surface area (Å²) in [6.45, 7) is 15.3. The van der Waals surface area contributed by atoms with Crippen LogP contribution >= 0.6 is 0 Å². The van der Waals surface area contributed by atoms with Gasteiger partial charge in [-0.15, -0.1) is 0 Å². The molecule has 4 aliphatic rings. The number of pyridine rings is 1. The number of carbonyl (C=O) groups excluding carboxylic acids is 2. The minimum absolute atomic E-state index is 0.180. The number of nitrogens with one attached hydrogen (secondary N) is 2. The fourth-order valence-electron chi connectivity index (χ4n) is 6.71. The summed E-state index contributed by atoms with van der Waals surface area (Å²) in [6.07, 6.45) is 4.49. The van der Waals surface area contributed by atoms with Gasteiger partial charge in [-0.25, -0.2) is 19.7 Å². The van der Waals surface area contributed by atoms with E-state index in [2.05, 4.69) is 30.4 Å². The maximum atomic E-state index is 13.1. The molecule has 2 fully saturated rings. The van der Waals surface area contributed by atoms with E-state index in [1.165, 1.54) is 0 Å². The Morgan fingerprint density at radius 1 is 1.02 bits per heavy atom. The molecule has 254 valence electrons. The highest BCUT2D eigenvalue weighted by molar-refractivity contribution is 5.92. The van der Waals surface area contributed by atoms with Gasteiger partial charge in [-0.3, -0.25) is 14.6 Å². The summed E-state index contributed by atoms with van der Waals surface area (Å²) in [7, 11) is 0. The number of carbonyl (C=O) groups is 2. The number of piperazine rings is 1. The molecule has 13 heteroatoms. The van der Waals surface area contributed by atoms with Crippen LogP contribution in [0.4, 0.5) is 27.8 Å². The van der Waals surface area contributed by atoms with Crippen LogP contribution in [-0.2, 0) is 28.9 Å². The van der Waals surface area contributed by atoms with Gasteiger partial charge in [0.15, 0.2) is 0 Å². The first-order chi connectivity index (χ1) is 23.1. The molecule has 4 aliphatic heterocycles. The highest BCUT2D eigenvalue weighted by atomic mass is 16.6. The SMILES string of the molecule is Cc1c(N2CCc3cnc(Nc4ccc(CC(=O)N5CCN(C6CNC6)CC5)cc4)nc3C2)cnc2c1N(C(=O)OC(C)(C)C)CCO2. The standard InChI is InChI=1S/C35H45N9O4/c1-23-29(21-37-32-31(23)44(15-16-47-32)34(46)48-35(2,3)4)43-10-9-25-18-38-33(40-28(25)22-43)39-26-7-5-24(6-8-26)17-30(45)42-13-11-41(12-14-42)27-19-36-20-27/h5-8,18,21,27,36H,9-17,19-20,22H2,1-4H3,(H,38,39,40). The third kappa shape index (κ3) is 6.88. The van der Waals surface area contributed by atoms with Crippen molar-refractivity contribution in [1.82, 2.24) is 30.1 Å². The van der Waals surface area contributed by atoms with Crippen LogP contribution in [0.5, 0.6) is 5.88 Å². The number of aromatic nitrogens is 3. The third-order valence-electron chi connectivity index (χ3n) is 9.48. The molecule has 1 aromatic carbocycles. The van der Waals surface area contributed by atoms with Crippen LogP contribution in [0.3, 0.4) is 0 Å². The van der Waals surface area contributed by atoms with Crippen molar-refractivity contribution < 1.29 is 19.1 Å². The van der Waals surface area contributed by atoms with E-state index >= 15 is 0 Å². The zero-order valence-electron chi connectivity index (χ0n) is 28.3. The van der Waals surface area contributed by atoms with Crippen molar-refractivity contribution in [1.29, 1.82) is 0 Å². The topological polar surface area (TPSA) is 128 Å². The molecule has 3 aromatic rings. The van der Waals surface area contributed by atoms with E-state index in [9.17, 15) is 9.59 Å². The average Bonchev–Trinajstić information content (AvgIpc) is 3.04. The molecule has 0 atom stereocenters. The number of rotatable bonds is 6. The van der Waals surface area contributed by atoms with Crippen molar-refractivity contribution in [2.75, 3.05) is 74.1 Å². The molecule has 2 amide bonds. The first-order valence-corrected chi connectivity index (χ1v) is 16.9. The Labute approximate surface area is 281 Å². The van der Waals surface area contributed by atoms with Gasteiger partial charge < -0.3 is 29.9 Å². The fourth-order valence-corrected chi connectivity index (χ4v) is 6.71. The van der Waals surface area contributed by atoms with Crippen LogP contribution in [-0.4, -0.2) is 107 Å². The van der Waals surface area contributed by atoms with Gasteiger partial charge in [-0.2, -0.15) is 0 Å². The molecule has 2 aromatic heterocycles. The van der Waals surface area contributed by atoms with E-state index in [-0.39, 0.29) is 5.91 Å². The van der Waals surface area contributed by atoms with Crippen molar-refractivity contribution in [2.24, 2.45) is 0 Å². The second-order valence-corrected chi connectivity index (χ2v) is 14.0. The van der Waals surface area contributed by atoms with Crippen LogP contribution in [0, 0.1) is 6.92 Å². The summed E-state index contributed by atoms with van der Waals surface area (Å²) in [6, 6.07) is 8.56. The Hall–Kier alpha value is -4.49. The predicted molar refractivity (Wildman–Crippen MR) is 183 cm³/mol. The van der Waals surface area contributed by atoms with E-state index in [0.717, 1.165) is 86.0 Å². The van der Waals surface area contributed by atoms with E-state index in [4.69, 9.17) is 14.5 Å². The fraction of sp³-hybridized carbons (Fsp3) is 0.514. The van der Waals surface area contributed by atoms with E-state index in [1.807, 2.05) is 69.3 Å². The molecule has 0 spiro atoms. The van der Waals surface area contributed by atoms with E-state index in [0.29, 0.717) is 49.7 Å². The number of hydrogen-bond acceptors (Lipinski definition) is 11. The molecule has 0 unspecified atom stereocenters. The van der Waals surface area contributed by atoms with Crippen LogP contribution in [0.1, 0.15) is 43.2 Å². The predicted octanol–water partition coefficient (Wildman–Crippen LogP) is 3.28. The van der Waals surface area contributed by atoms with Gasteiger partial charge in [0, 0.05) is 69.3 Å². The van der Waals surface area contributed by atoms with E-state index in [1.54, 1.807) is 4.90 Å². The zero-order valence-corrected chi connectivity index (χ0v) is 28.3. The van der Waals surface area contributed by atoms with Crippen molar-refractivity contribution in [3.8, 4) is 5.88 Å². The van der Waals surface area contributed by atoms with Crippen LogP contribution in [0.15, 0.2) is 36.7 Å². The second kappa shape index (κ2) is 13.2. The Kier molecular flexibility index (Phi) is 8.82. The lowest BCUT2D eigenvalue weighted by atomic mass is 10.0. The van der Waals surface area contributed by atoms with Gasteiger partial charge in [0.05, 0.1) is 37.1 Å². The maximum Gasteiger partial charge on any atom is 0.415 e. The Bertz CT molecular complexity index is 1660. The largest absolute Gasteiger partial charge is 0.474 e. The zero-order chi connectivity index (χ0) is 33.4. The molecule has 48 heavy (non-hydrogen) atoms. The highest BCUT2D eigenvalue weighted by Gasteiger charge is 2.33. The summed E-state index contributed by atoms with van der Waals surface area (Å²) in [5.74, 6) is 1.14. The Morgan fingerprint density at radius 2 is 1.79 bits per heavy atom. The van der Waals surface area contributed by atoms with Gasteiger partial charge in [0.1, 0.15) is 17.9 Å². The minimum atomic E-state index is -0.610. The second-order valence-electron chi connectivity index (χ2n) is 14.0. The van der Waals surface area contributed by atoms with Crippen LogP contribution in [0.2, 0.25) is 0 Å². The van der Waals surface area contributed by atoms with E-state index < -0.39 is 11.7 Å². The smallest absolute Gasteiger partial charge is 0.415 e. The lowest BCUT2D eigenvalue weighted by Crippen LogP contribution is -2.62. The number of amides is 2. The van der Waals surface area contributed by atoms with Crippen LogP contribution in [0.25, 0.3) is 0 Å². The lowest BCUT2D eigenvalue weighted by Gasteiger charge is -2.43. The summed E-state index contributed by atoms with van der Waals surface area (Å²) < 4.78 is 11.5. The highest BCUT2D eigenvalue weighted by Crippen LogP contribution is 2.39. The molecule has 2 saturated heterocycles. The van der Waals surface area contributed by atoms with Crippen molar-refractivity contribution in [3.05, 3.63) is 59.0 Å². The molecular formula is C35H45N9O4. The molecular weight excluding hydrogens is 610 g/mol. The maximum absolute atomic E-state index is 13.1. The van der Waals surface area contributed by atoms with Gasteiger partial charge >= 0.3 is 6.09 Å². The summed E-state index contributed by atoms with van der Waals surface area (Å²) in [5.41, 5.74) is 5.77. The summed E-state index contributed by atoms with van der Waals surface area (Å²) in [5, 5.41) is 6.66. The quantitative estimate of drug-likeness (QED) is 0.406. The molecule has 7 rings (SSSR count). The van der Waals surface area contributed by atoms with Gasteiger partial charge in [0.2, 0.25) is 17.7 Å². The Morgan fingerprint density at radius 3 is 2.50 bits per heavy atom. The third-order valence-corrected chi connectivity index (χ3v) is 9.48. The summed E-state index contributed by atoms with van der Waals surface area (Å²) in [4.78, 5) is 48.5. The number of ether oxygens (including phenoxy) is 2. The molecule has 0 saturated carbocycles. The molecule has 0 bridgehead atoms. The lowest BCUT2D eigenvalue weighted by molar-refractivity contribution is -0.132. The van der Waals surface area contributed by atoms with Crippen molar-refractivity contribution >= 4 is 35.0 Å².